The lowest BCUT2D eigenvalue weighted by molar-refractivity contribution is -0.125. The quantitative estimate of drug-likeness (QED) is 0.500. The molecule has 0 spiro atoms. The molecule has 3 atom stereocenters. The van der Waals surface area contributed by atoms with Gasteiger partial charge in [0.05, 0.1) is 12.5 Å². The lowest BCUT2D eigenvalue weighted by Gasteiger charge is -2.17. The number of amides is 2. The van der Waals surface area contributed by atoms with Crippen molar-refractivity contribution in [2.24, 2.45) is 13.0 Å². The summed E-state index contributed by atoms with van der Waals surface area (Å²) in [5.74, 6) is -0.0774. The molecule has 174 valence electrons. The summed E-state index contributed by atoms with van der Waals surface area (Å²) < 4.78 is 12.2. The number of nitrogens with zero attached hydrogens (tertiary/aromatic N) is 4. The number of carbonyl (C=O) groups is 2. The smallest absolute Gasteiger partial charge is 0.272 e. The van der Waals surface area contributed by atoms with Gasteiger partial charge < -0.3 is 19.9 Å². The number of carbonyl (C=O) groups excluding carboxylic acids is 2. The Hall–Kier alpha value is -3.53. The van der Waals surface area contributed by atoms with Crippen molar-refractivity contribution >= 4 is 11.8 Å². The lowest BCUT2D eigenvalue weighted by Crippen LogP contribution is -2.37. The van der Waals surface area contributed by atoms with Crippen molar-refractivity contribution in [1.82, 2.24) is 30.6 Å². The molecule has 2 N–H and O–H groups in total. The number of nitrogens with one attached hydrogen (secondary N) is 2. The van der Waals surface area contributed by atoms with E-state index in [0.717, 1.165) is 11.3 Å². The average Bonchev–Trinajstić information content (AvgIpc) is 3.54. The third-order valence-electron chi connectivity index (χ3n) is 5.99. The molecule has 1 saturated carbocycles. The first kappa shape index (κ1) is 22.7. The van der Waals surface area contributed by atoms with Gasteiger partial charge in [0.1, 0.15) is 5.69 Å². The standard InChI is InChI=1S/C23H28N6O4/c1-14-11-19(27-29(14)2)22(31)25-18-13-16(21(30)24-9-10-32-3)12-17(18)23-26-20(28-33-23)15-7-5-4-6-8-15/h4-8,11,16-18H,9-10,12-13H2,1-3H3,(H,24,30)(H,25,31)/t16-,17-,18+/m1/s1. The topological polar surface area (TPSA) is 124 Å². The Kier molecular flexibility index (Phi) is 6.83. The molecule has 2 heterocycles. The maximum Gasteiger partial charge on any atom is 0.272 e. The largest absolute Gasteiger partial charge is 0.383 e. The number of aryl methyl sites for hydroxylation is 2. The molecule has 4 rings (SSSR count). The zero-order valence-corrected chi connectivity index (χ0v) is 18.9. The molecule has 0 radical (unpaired) electrons. The van der Waals surface area contributed by atoms with Gasteiger partial charge in [-0.3, -0.25) is 14.3 Å². The summed E-state index contributed by atoms with van der Waals surface area (Å²) in [6, 6.07) is 10.9. The first-order valence-corrected chi connectivity index (χ1v) is 10.9. The van der Waals surface area contributed by atoms with E-state index in [-0.39, 0.29) is 29.7 Å². The van der Waals surface area contributed by atoms with E-state index in [1.165, 1.54) is 0 Å². The van der Waals surface area contributed by atoms with Crippen LogP contribution >= 0.6 is 0 Å². The van der Waals surface area contributed by atoms with Gasteiger partial charge in [-0.2, -0.15) is 10.1 Å². The van der Waals surface area contributed by atoms with E-state index in [0.29, 0.717) is 43.4 Å². The molecule has 33 heavy (non-hydrogen) atoms. The van der Waals surface area contributed by atoms with E-state index in [2.05, 4.69) is 25.9 Å². The molecule has 1 aromatic carbocycles. The highest BCUT2D eigenvalue weighted by Crippen LogP contribution is 2.39. The predicted octanol–water partition coefficient (Wildman–Crippen LogP) is 1.83. The normalized spacial score (nSPS) is 20.0. The predicted molar refractivity (Wildman–Crippen MR) is 119 cm³/mol. The molecule has 0 saturated heterocycles. The van der Waals surface area contributed by atoms with Crippen LogP contribution in [0.15, 0.2) is 40.9 Å². The molecular weight excluding hydrogens is 424 g/mol. The Balaban J connectivity index is 1.54. The molecule has 0 bridgehead atoms. The van der Waals surface area contributed by atoms with Crippen molar-refractivity contribution in [3.8, 4) is 11.4 Å². The number of hydrogen-bond donors (Lipinski definition) is 2. The lowest BCUT2D eigenvalue weighted by atomic mass is 10.0. The minimum atomic E-state index is -0.345. The van der Waals surface area contributed by atoms with Crippen LogP contribution in [0.2, 0.25) is 0 Å². The third kappa shape index (κ3) is 5.11. The second kappa shape index (κ2) is 9.95. The van der Waals surface area contributed by atoms with Gasteiger partial charge in [0.15, 0.2) is 0 Å². The van der Waals surface area contributed by atoms with E-state index in [4.69, 9.17) is 9.26 Å². The molecule has 0 aliphatic heterocycles. The van der Waals surface area contributed by atoms with Gasteiger partial charge in [0.25, 0.3) is 5.91 Å². The van der Waals surface area contributed by atoms with Crippen LogP contribution in [0.3, 0.4) is 0 Å². The number of aromatic nitrogens is 4. The van der Waals surface area contributed by atoms with E-state index in [1.54, 1.807) is 24.9 Å². The minimum absolute atomic E-state index is 0.0784. The van der Waals surface area contributed by atoms with Crippen LogP contribution in [-0.2, 0) is 16.6 Å². The summed E-state index contributed by atoms with van der Waals surface area (Å²) in [7, 11) is 3.37. The first-order chi connectivity index (χ1) is 16.0. The van der Waals surface area contributed by atoms with Gasteiger partial charge in [-0.15, -0.1) is 0 Å². The zero-order chi connectivity index (χ0) is 23.4. The van der Waals surface area contributed by atoms with Crippen LogP contribution in [0, 0.1) is 12.8 Å². The summed E-state index contributed by atoms with van der Waals surface area (Å²) in [5, 5.41) is 14.3. The van der Waals surface area contributed by atoms with Gasteiger partial charge in [-0.1, -0.05) is 35.5 Å². The van der Waals surface area contributed by atoms with Crippen molar-refractivity contribution in [3.63, 3.8) is 0 Å². The second-order valence-electron chi connectivity index (χ2n) is 8.26. The summed E-state index contributed by atoms with van der Waals surface area (Å²) in [6.07, 6.45) is 0.950. The Morgan fingerprint density at radius 1 is 1.24 bits per heavy atom. The van der Waals surface area contributed by atoms with Gasteiger partial charge >= 0.3 is 0 Å². The monoisotopic (exact) mass is 452 g/mol. The van der Waals surface area contributed by atoms with Crippen LogP contribution < -0.4 is 10.6 Å². The number of ether oxygens (including phenoxy) is 1. The van der Waals surface area contributed by atoms with Crippen LogP contribution in [-0.4, -0.2) is 58.0 Å². The van der Waals surface area contributed by atoms with Crippen LogP contribution in [0.1, 0.15) is 40.8 Å². The van der Waals surface area contributed by atoms with Crippen molar-refractivity contribution in [2.45, 2.75) is 31.7 Å². The maximum atomic E-state index is 12.9. The van der Waals surface area contributed by atoms with E-state index in [1.807, 2.05) is 37.3 Å². The van der Waals surface area contributed by atoms with Crippen molar-refractivity contribution < 1.29 is 18.8 Å². The molecule has 1 fully saturated rings. The maximum absolute atomic E-state index is 12.9. The van der Waals surface area contributed by atoms with Crippen LogP contribution in [0.25, 0.3) is 11.4 Å². The third-order valence-corrected chi connectivity index (χ3v) is 5.99. The van der Waals surface area contributed by atoms with Gasteiger partial charge in [-0.25, -0.2) is 0 Å². The molecule has 0 unspecified atom stereocenters. The highest BCUT2D eigenvalue weighted by Gasteiger charge is 2.42. The minimum Gasteiger partial charge on any atom is -0.383 e. The zero-order valence-electron chi connectivity index (χ0n) is 18.9. The van der Waals surface area contributed by atoms with Gasteiger partial charge in [-0.05, 0) is 25.8 Å². The summed E-state index contributed by atoms with van der Waals surface area (Å²) in [5.41, 5.74) is 2.05. The molecule has 1 aliphatic carbocycles. The molecule has 3 aromatic rings. The highest BCUT2D eigenvalue weighted by molar-refractivity contribution is 5.92. The van der Waals surface area contributed by atoms with Crippen molar-refractivity contribution in [1.29, 1.82) is 0 Å². The Morgan fingerprint density at radius 2 is 2.03 bits per heavy atom. The van der Waals surface area contributed by atoms with Crippen LogP contribution in [0.5, 0.6) is 0 Å². The molecule has 10 nitrogen and oxygen atoms in total. The summed E-state index contributed by atoms with van der Waals surface area (Å²) in [4.78, 5) is 30.2. The fourth-order valence-electron chi connectivity index (χ4n) is 4.11. The number of rotatable bonds is 8. The Morgan fingerprint density at radius 3 is 2.73 bits per heavy atom. The Labute approximate surface area is 191 Å². The molecule has 1 aliphatic rings. The summed E-state index contributed by atoms with van der Waals surface area (Å²) in [6.45, 7) is 2.75. The fourth-order valence-corrected chi connectivity index (χ4v) is 4.11. The van der Waals surface area contributed by atoms with E-state index >= 15 is 0 Å². The van der Waals surface area contributed by atoms with Crippen molar-refractivity contribution in [3.05, 3.63) is 53.7 Å². The Bertz CT molecular complexity index is 1090. The van der Waals surface area contributed by atoms with E-state index in [9.17, 15) is 9.59 Å². The first-order valence-electron chi connectivity index (χ1n) is 10.9. The summed E-state index contributed by atoms with van der Waals surface area (Å²) >= 11 is 0. The molecule has 10 heteroatoms. The number of benzene rings is 1. The second-order valence-corrected chi connectivity index (χ2v) is 8.26. The van der Waals surface area contributed by atoms with E-state index < -0.39 is 0 Å². The number of methoxy groups -OCH3 is 1. The molecule has 2 amide bonds. The molecule has 2 aromatic heterocycles. The fraction of sp³-hybridized carbons (Fsp3) is 0.435. The van der Waals surface area contributed by atoms with Crippen LogP contribution in [0.4, 0.5) is 0 Å². The van der Waals surface area contributed by atoms with Gasteiger partial charge in [0, 0.05) is 43.9 Å². The molecular formula is C23H28N6O4. The number of hydrogen-bond acceptors (Lipinski definition) is 7. The average molecular weight is 453 g/mol. The van der Waals surface area contributed by atoms with Gasteiger partial charge in [0.2, 0.25) is 17.6 Å². The SMILES string of the molecule is COCCNC(=O)[C@H]1C[C@H](NC(=O)c2cc(C)n(C)n2)[C@H](c2nc(-c3ccccc3)no2)C1. The highest BCUT2D eigenvalue weighted by atomic mass is 16.5. The van der Waals surface area contributed by atoms with Crippen molar-refractivity contribution in [2.75, 3.05) is 20.3 Å².